The van der Waals surface area contributed by atoms with Gasteiger partial charge >= 0.3 is 5.97 Å². The maximum Gasteiger partial charge on any atom is 0.305 e. The van der Waals surface area contributed by atoms with Gasteiger partial charge in [-0.25, -0.2) is 4.39 Å². The molecule has 0 aliphatic carbocycles. The molecule has 6 heteroatoms. The number of amides is 1. The highest BCUT2D eigenvalue weighted by molar-refractivity contribution is 5.78. The lowest BCUT2D eigenvalue weighted by Gasteiger charge is -2.28. The summed E-state index contributed by atoms with van der Waals surface area (Å²) in [5, 5.41) is 22.3. The summed E-state index contributed by atoms with van der Waals surface area (Å²) in [6.45, 7) is 3.87. The maximum atomic E-state index is 13.0. The SMILES string of the molecule is CCCC(O)(CCC)CC(=O)NC(CC(=O)O)c1ccc(F)cc1. The van der Waals surface area contributed by atoms with Crippen molar-refractivity contribution in [3.63, 3.8) is 0 Å². The first-order valence-corrected chi connectivity index (χ1v) is 8.28. The zero-order valence-electron chi connectivity index (χ0n) is 14.2. The van der Waals surface area contributed by atoms with Crippen LogP contribution in [0.25, 0.3) is 0 Å². The van der Waals surface area contributed by atoms with E-state index < -0.39 is 29.3 Å². The van der Waals surface area contributed by atoms with Crippen LogP contribution in [0.2, 0.25) is 0 Å². The van der Waals surface area contributed by atoms with Crippen molar-refractivity contribution in [3.05, 3.63) is 35.6 Å². The van der Waals surface area contributed by atoms with Gasteiger partial charge in [0.15, 0.2) is 0 Å². The van der Waals surface area contributed by atoms with Gasteiger partial charge in [-0.15, -0.1) is 0 Å². The van der Waals surface area contributed by atoms with Crippen LogP contribution < -0.4 is 5.32 Å². The largest absolute Gasteiger partial charge is 0.481 e. The average Bonchev–Trinajstić information content (AvgIpc) is 2.46. The molecule has 0 spiro atoms. The van der Waals surface area contributed by atoms with E-state index >= 15 is 0 Å². The van der Waals surface area contributed by atoms with Crippen LogP contribution in [0.1, 0.15) is 64.0 Å². The van der Waals surface area contributed by atoms with Gasteiger partial charge in [-0.3, -0.25) is 9.59 Å². The van der Waals surface area contributed by atoms with Crippen LogP contribution in [0.4, 0.5) is 4.39 Å². The third-order valence-electron chi connectivity index (χ3n) is 3.91. The van der Waals surface area contributed by atoms with Crippen LogP contribution in [0.3, 0.4) is 0 Å². The molecule has 0 saturated carbocycles. The maximum absolute atomic E-state index is 13.0. The molecule has 3 N–H and O–H groups in total. The summed E-state index contributed by atoms with van der Waals surface area (Å²) < 4.78 is 13.0. The summed E-state index contributed by atoms with van der Waals surface area (Å²) in [5.41, 5.74) is -0.564. The van der Waals surface area contributed by atoms with E-state index in [1.54, 1.807) is 0 Å². The molecular formula is C18H26FNO4. The molecule has 0 aliphatic rings. The molecule has 0 saturated heterocycles. The van der Waals surface area contributed by atoms with E-state index in [-0.39, 0.29) is 12.8 Å². The van der Waals surface area contributed by atoms with Crippen LogP contribution in [-0.4, -0.2) is 27.7 Å². The standard InChI is InChI=1S/C18H26FNO4/c1-3-9-18(24,10-4-2)12-16(21)20-15(11-17(22)23)13-5-7-14(19)8-6-13/h5-8,15,24H,3-4,9-12H2,1-2H3,(H,20,21)(H,22,23). The molecule has 0 bridgehead atoms. The lowest BCUT2D eigenvalue weighted by atomic mass is 9.88. The van der Waals surface area contributed by atoms with Gasteiger partial charge in [-0.2, -0.15) is 0 Å². The molecule has 0 heterocycles. The number of hydrogen-bond donors (Lipinski definition) is 3. The van der Waals surface area contributed by atoms with E-state index in [4.69, 9.17) is 5.11 Å². The zero-order valence-corrected chi connectivity index (χ0v) is 14.2. The van der Waals surface area contributed by atoms with Crippen molar-refractivity contribution in [2.45, 2.75) is 64.0 Å². The molecule has 1 aromatic carbocycles. The number of carboxylic acid groups (broad SMARTS) is 1. The number of benzene rings is 1. The van der Waals surface area contributed by atoms with Gasteiger partial charge in [-0.1, -0.05) is 38.8 Å². The van der Waals surface area contributed by atoms with E-state index in [2.05, 4.69) is 5.32 Å². The predicted octanol–water partition coefficient (Wildman–Crippen LogP) is 3.18. The summed E-state index contributed by atoms with van der Waals surface area (Å²) in [7, 11) is 0. The van der Waals surface area contributed by atoms with Crippen LogP contribution >= 0.6 is 0 Å². The van der Waals surface area contributed by atoms with Gasteiger partial charge in [0.2, 0.25) is 5.91 Å². The van der Waals surface area contributed by atoms with Crippen molar-refractivity contribution in [1.82, 2.24) is 5.32 Å². The molecule has 0 aromatic heterocycles. The number of halogens is 1. The fraction of sp³-hybridized carbons (Fsp3) is 0.556. The lowest BCUT2D eigenvalue weighted by Crippen LogP contribution is -2.38. The average molecular weight is 339 g/mol. The lowest BCUT2D eigenvalue weighted by molar-refractivity contribution is -0.138. The highest BCUT2D eigenvalue weighted by atomic mass is 19.1. The van der Waals surface area contributed by atoms with E-state index in [1.165, 1.54) is 24.3 Å². The van der Waals surface area contributed by atoms with Crippen molar-refractivity contribution in [1.29, 1.82) is 0 Å². The molecule has 1 amide bonds. The number of carbonyl (C=O) groups excluding carboxylic acids is 1. The van der Waals surface area contributed by atoms with Gasteiger partial charge in [0.25, 0.3) is 0 Å². The fourth-order valence-corrected chi connectivity index (χ4v) is 2.90. The van der Waals surface area contributed by atoms with Gasteiger partial charge < -0.3 is 15.5 Å². The first kappa shape index (κ1) is 20.1. The molecule has 1 atom stereocenters. The summed E-state index contributed by atoms with van der Waals surface area (Å²) >= 11 is 0. The summed E-state index contributed by atoms with van der Waals surface area (Å²) in [6, 6.07) is 4.59. The first-order chi connectivity index (χ1) is 11.3. The van der Waals surface area contributed by atoms with Gasteiger partial charge in [0, 0.05) is 0 Å². The number of carboxylic acids is 1. The Labute approximate surface area is 141 Å². The Morgan fingerprint density at radius 3 is 2.17 bits per heavy atom. The number of aliphatic hydroxyl groups is 1. The van der Waals surface area contributed by atoms with Gasteiger partial charge in [0.05, 0.1) is 24.5 Å². The molecular weight excluding hydrogens is 313 g/mol. The number of aliphatic carboxylic acids is 1. The van der Waals surface area contributed by atoms with Crippen LogP contribution in [0, 0.1) is 5.82 Å². The molecule has 1 unspecified atom stereocenters. The first-order valence-electron chi connectivity index (χ1n) is 8.28. The van der Waals surface area contributed by atoms with Crippen molar-refractivity contribution in [3.8, 4) is 0 Å². The van der Waals surface area contributed by atoms with E-state index in [9.17, 15) is 19.1 Å². The highest BCUT2D eigenvalue weighted by Crippen LogP contribution is 2.25. The normalized spacial score (nSPS) is 12.7. The predicted molar refractivity (Wildman–Crippen MR) is 88.9 cm³/mol. The minimum atomic E-state index is -1.08. The van der Waals surface area contributed by atoms with Gasteiger partial charge in [0.1, 0.15) is 5.82 Å². The monoisotopic (exact) mass is 339 g/mol. The smallest absolute Gasteiger partial charge is 0.305 e. The molecule has 0 radical (unpaired) electrons. The van der Waals surface area contributed by atoms with E-state index in [1.807, 2.05) is 13.8 Å². The molecule has 0 fully saturated rings. The van der Waals surface area contributed by atoms with Crippen LogP contribution in [0.5, 0.6) is 0 Å². The van der Waals surface area contributed by atoms with Gasteiger partial charge in [-0.05, 0) is 30.5 Å². The summed E-state index contributed by atoms with van der Waals surface area (Å²) in [4.78, 5) is 23.3. The van der Waals surface area contributed by atoms with E-state index in [0.717, 1.165) is 12.8 Å². The minimum Gasteiger partial charge on any atom is -0.481 e. The second kappa shape index (κ2) is 9.37. The number of hydrogen-bond acceptors (Lipinski definition) is 3. The molecule has 1 aromatic rings. The van der Waals surface area contributed by atoms with Crippen LogP contribution in [-0.2, 0) is 9.59 Å². The third-order valence-corrected chi connectivity index (χ3v) is 3.91. The second-order valence-corrected chi connectivity index (χ2v) is 6.17. The van der Waals surface area contributed by atoms with Crippen molar-refractivity contribution >= 4 is 11.9 Å². The Morgan fingerprint density at radius 2 is 1.71 bits per heavy atom. The minimum absolute atomic E-state index is 0.0774. The Morgan fingerprint density at radius 1 is 1.17 bits per heavy atom. The quantitative estimate of drug-likeness (QED) is 0.611. The van der Waals surface area contributed by atoms with Crippen molar-refractivity contribution < 1.29 is 24.2 Å². The number of carbonyl (C=O) groups is 2. The molecule has 5 nitrogen and oxygen atoms in total. The number of nitrogens with one attached hydrogen (secondary N) is 1. The molecule has 0 aliphatic heterocycles. The van der Waals surface area contributed by atoms with E-state index in [0.29, 0.717) is 18.4 Å². The summed E-state index contributed by atoms with van der Waals surface area (Å²) in [5.74, 6) is -1.91. The summed E-state index contributed by atoms with van der Waals surface area (Å²) in [6.07, 6.45) is 2.13. The Kier molecular flexibility index (Phi) is 7.85. The molecule has 24 heavy (non-hydrogen) atoms. The Balaban J connectivity index is 2.83. The second-order valence-electron chi connectivity index (χ2n) is 6.17. The molecule has 134 valence electrons. The Hall–Kier alpha value is -1.95. The third kappa shape index (κ3) is 6.66. The highest BCUT2D eigenvalue weighted by Gasteiger charge is 2.29. The Bertz CT molecular complexity index is 538. The van der Waals surface area contributed by atoms with Crippen LogP contribution in [0.15, 0.2) is 24.3 Å². The van der Waals surface area contributed by atoms with Crippen molar-refractivity contribution in [2.75, 3.05) is 0 Å². The zero-order chi connectivity index (χ0) is 18.2. The number of rotatable bonds is 10. The fourth-order valence-electron chi connectivity index (χ4n) is 2.90. The van der Waals surface area contributed by atoms with Crippen molar-refractivity contribution in [2.24, 2.45) is 0 Å². The topological polar surface area (TPSA) is 86.6 Å². The molecule has 1 rings (SSSR count).